The number of aliphatic hydroxyl groups excluding tert-OH is 1. The van der Waals surface area contributed by atoms with Crippen molar-refractivity contribution in [3.05, 3.63) is 34.5 Å². The Morgan fingerprint density at radius 1 is 1.06 bits per heavy atom. The quantitative estimate of drug-likeness (QED) is 0.308. The van der Waals surface area contributed by atoms with Crippen LogP contribution in [0, 0.1) is 23.0 Å². The number of aliphatic hydroxyl groups is 1. The van der Waals surface area contributed by atoms with Gasteiger partial charge in [0.2, 0.25) is 5.95 Å². The molecule has 2 bridgehead atoms. The van der Waals surface area contributed by atoms with Crippen LogP contribution in [0.2, 0.25) is 0 Å². The fraction of sp³-hybridized carbons (Fsp3) is 0.529. The van der Waals surface area contributed by atoms with Gasteiger partial charge in [0, 0.05) is 61.8 Å². The first-order chi connectivity index (χ1) is 23.3. The minimum Gasteiger partial charge on any atom is -0.392 e. The molecule has 5 aliphatic rings. The number of pyridine rings is 1. The van der Waals surface area contributed by atoms with E-state index in [-0.39, 0.29) is 62.7 Å². The molecule has 9 rings (SSSR count). The lowest BCUT2D eigenvalue weighted by Crippen LogP contribution is -2.59. The second-order valence-electron chi connectivity index (χ2n) is 14.0. The number of fused-ring (bicyclic) bond motifs is 6. The summed E-state index contributed by atoms with van der Waals surface area (Å²) in [5, 5.41) is 21.2. The molecule has 1 aromatic carbocycles. The summed E-state index contributed by atoms with van der Waals surface area (Å²) in [5.41, 5.74) is 8.19. The third-order valence-electron chi connectivity index (χ3n) is 10.9. The third-order valence-corrected chi connectivity index (χ3v) is 12.0. The number of halogens is 2. The Labute approximate surface area is 280 Å². The highest BCUT2D eigenvalue weighted by Gasteiger charge is 2.44. The van der Waals surface area contributed by atoms with Gasteiger partial charge in [0.15, 0.2) is 11.6 Å². The van der Waals surface area contributed by atoms with Gasteiger partial charge in [0.05, 0.1) is 46.9 Å². The predicted octanol–water partition coefficient (Wildman–Crippen LogP) is 3.99. The first-order valence-corrected chi connectivity index (χ1v) is 17.7. The van der Waals surface area contributed by atoms with Gasteiger partial charge < -0.3 is 25.4 Å². The normalized spacial score (nSPS) is 23.7. The lowest BCUT2D eigenvalue weighted by atomic mass is 9.93. The number of hydrogen-bond donors (Lipinski definition) is 2. The van der Waals surface area contributed by atoms with Crippen molar-refractivity contribution < 1.29 is 18.6 Å². The van der Waals surface area contributed by atoms with Crippen LogP contribution in [-0.4, -0.2) is 99.9 Å². The Morgan fingerprint density at radius 3 is 2.50 bits per heavy atom. The molecule has 4 fully saturated rings. The maximum absolute atomic E-state index is 17.5. The van der Waals surface area contributed by atoms with Crippen LogP contribution in [0.3, 0.4) is 0 Å². The van der Waals surface area contributed by atoms with E-state index in [0.29, 0.717) is 29.5 Å². The molecule has 0 saturated carbocycles. The monoisotopic (exact) mass is 673 g/mol. The van der Waals surface area contributed by atoms with Crippen LogP contribution < -0.4 is 15.5 Å². The second-order valence-corrected chi connectivity index (χ2v) is 15.0. The molecular weight excluding hydrogens is 636 g/mol. The number of thiophene rings is 1. The number of rotatable bonds is 6. The molecule has 0 radical (unpaired) electrons. The van der Waals surface area contributed by atoms with E-state index in [1.807, 2.05) is 6.92 Å². The number of β-amino-alcohol motifs (C(OH)–C–C–N with tert-alkyl or cyclic N) is 1. The fourth-order valence-corrected chi connectivity index (χ4v) is 9.70. The summed E-state index contributed by atoms with van der Waals surface area (Å²) < 4.78 is 38.7. The molecule has 2 unspecified atom stereocenters. The number of benzene rings is 1. The summed E-state index contributed by atoms with van der Waals surface area (Å²) in [7, 11) is 0. The van der Waals surface area contributed by atoms with Gasteiger partial charge in [-0.15, -0.1) is 11.3 Å². The lowest BCUT2D eigenvalue weighted by molar-refractivity contribution is 0.111. The summed E-state index contributed by atoms with van der Waals surface area (Å²) in [6.45, 7) is 8.15. The molecule has 5 aliphatic heterocycles. The number of nitrogens with zero attached hydrogens (tertiary/aromatic N) is 8. The van der Waals surface area contributed by atoms with Crippen LogP contribution in [0.1, 0.15) is 49.3 Å². The largest absolute Gasteiger partial charge is 0.392 e. The van der Waals surface area contributed by atoms with E-state index in [1.165, 1.54) is 12.8 Å². The van der Waals surface area contributed by atoms with Crippen molar-refractivity contribution in [2.75, 3.05) is 61.3 Å². The zero-order valence-electron chi connectivity index (χ0n) is 26.8. The van der Waals surface area contributed by atoms with Gasteiger partial charge in [-0.25, -0.2) is 13.8 Å². The van der Waals surface area contributed by atoms with Crippen LogP contribution >= 0.6 is 11.3 Å². The zero-order valence-corrected chi connectivity index (χ0v) is 27.6. The fourth-order valence-electron chi connectivity index (χ4n) is 8.78. The molecule has 8 heterocycles. The number of aromatic nitrogens is 3. The lowest BCUT2D eigenvalue weighted by Gasteiger charge is -2.45. The number of likely N-dealkylation sites (tertiary alicyclic amines) is 2. The molecule has 4 saturated heterocycles. The van der Waals surface area contributed by atoms with Gasteiger partial charge in [0.25, 0.3) is 0 Å². The van der Waals surface area contributed by atoms with Crippen molar-refractivity contribution in [2.45, 2.75) is 70.1 Å². The average molecular weight is 674 g/mol. The molecule has 3 aromatic heterocycles. The smallest absolute Gasteiger partial charge is 0.228 e. The predicted molar refractivity (Wildman–Crippen MR) is 180 cm³/mol. The zero-order chi connectivity index (χ0) is 32.8. The third kappa shape index (κ3) is 4.59. The first-order valence-electron chi connectivity index (χ1n) is 16.9. The molecule has 0 amide bonds. The van der Waals surface area contributed by atoms with E-state index in [4.69, 9.17) is 20.4 Å². The number of ether oxygens (including phenoxy) is 1. The molecular formula is C34H37F2N9O2S. The summed E-state index contributed by atoms with van der Waals surface area (Å²) in [6, 6.07) is 2.84. The molecule has 4 aromatic rings. The molecule has 0 aliphatic carbocycles. The van der Waals surface area contributed by atoms with E-state index in [2.05, 4.69) is 30.7 Å². The Morgan fingerprint density at radius 2 is 1.79 bits per heavy atom. The number of nitrogen functional groups attached to an aromatic ring is 1. The highest BCUT2D eigenvalue weighted by atomic mass is 32.1. The van der Waals surface area contributed by atoms with Gasteiger partial charge in [-0.05, 0) is 56.8 Å². The van der Waals surface area contributed by atoms with Crippen molar-refractivity contribution in [1.82, 2.24) is 24.8 Å². The molecule has 48 heavy (non-hydrogen) atoms. The van der Waals surface area contributed by atoms with Crippen LogP contribution in [0.25, 0.3) is 32.2 Å². The molecule has 0 spiro atoms. The van der Waals surface area contributed by atoms with Crippen LogP contribution in [0.5, 0.6) is 0 Å². The Balaban J connectivity index is 1.24. The Kier molecular flexibility index (Phi) is 7.21. The highest BCUT2D eigenvalue weighted by Crippen LogP contribution is 2.48. The number of hydrogen-bond acceptors (Lipinski definition) is 12. The topological polar surface area (TPSA) is 131 Å². The van der Waals surface area contributed by atoms with Crippen molar-refractivity contribution >= 4 is 49.1 Å². The summed E-state index contributed by atoms with van der Waals surface area (Å²) in [4.78, 5) is 24.0. The van der Waals surface area contributed by atoms with Crippen LogP contribution in [0.15, 0.2) is 6.20 Å². The van der Waals surface area contributed by atoms with E-state index in [1.54, 1.807) is 0 Å². The maximum atomic E-state index is 17.5. The number of nitrogens with two attached hydrogens (primary N) is 1. The van der Waals surface area contributed by atoms with E-state index in [0.717, 1.165) is 81.0 Å². The van der Waals surface area contributed by atoms with Crippen molar-refractivity contribution in [2.24, 2.45) is 0 Å². The van der Waals surface area contributed by atoms with Crippen molar-refractivity contribution in [1.29, 1.82) is 5.26 Å². The number of anilines is 3. The molecule has 3 N–H and O–H groups in total. The Bertz CT molecular complexity index is 1990. The minimum atomic E-state index is -0.608. The van der Waals surface area contributed by atoms with E-state index < -0.39 is 17.7 Å². The van der Waals surface area contributed by atoms with Crippen LogP contribution in [0.4, 0.5) is 25.5 Å². The molecule has 11 nitrogen and oxygen atoms in total. The molecule has 250 valence electrons. The van der Waals surface area contributed by atoms with E-state index >= 15 is 8.78 Å². The van der Waals surface area contributed by atoms with Crippen molar-refractivity contribution in [3.63, 3.8) is 0 Å². The van der Waals surface area contributed by atoms with Crippen LogP contribution in [-0.2, 0) is 18.0 Å². The first kappa shape index (κ1) is 30.3. The standard InChI is InChI=1S/C34H37F2N9O2S/c1-17(46)10-42-11-18-4-5-19(12-42)45(18)33-27-23-16-47-15-22(23)25(29-26-21(8-37)32(38)48-31(26)24(35)9-39-29)28(36)30(27)40-34(41-33)44-13-20(14-44)43-6-2-3-7-43/h9,17-20,46H,2-7,10-16,38H2,1H3/t17-,18?,19?/m1/s1. The van der Waals surface area contributed by atoms with Gasteiger partial charge in [-0.3, -0.25) is 14.8 Å². The maximum Gasteiger partial charge on any atom is 0.228 e. The van der Waals surface area contributed by atoms with Gasteiger partial charge in [-0.2, -0.15) is 10.2 Å². The summed E-state index contributed by atoms with van der Waals surface area (Å²) in [5.74, 6) is 0.0383. The van der Waals surface area contributed by atoms with Crippen molar-refractivity contribution in [3.8, 4) is 17.3 Å². The second kappa shape index (κ2) is 11.4. The Hall–Kier alpha value is -3.74. The summed E-state index contributed by atoms with van der Waals surface area (Å²) in [6.07, 6.45) is 5.04. The van der Waals surface area contributed by atoms with Gasteiger partial charge in [-0.1, -0.05) is 0 Å². The summed E-state index contributed by atoms with van der Waals surface area (Å²) >= 11 is 0.965. The van der Waals surface area contributed by atoms with Gasteiger partial charge >= 0.3 is 0 Å². The minimum absolute atomic E-state index is 0.0911. The van der Waals surface area contributed by atoms with Gasteiger partial charge in [0.1, 0.15) is 22.4 Å². The number of nitriles is 1. The van der Waals surface area contributed by atoms with E-state index in [9.17, 15) is 10.4 Å². The number of piperazine rings is 1. The molecule has 3 atom stereocenters. The average Bonchev–Trinajstić information content (AvgIpc) is 3.84. The molecule has 14 heteroatoms. The SMILES string of the molecule is C[C@@H](O)CN1CC2CCC(C1)N2c1nc(N2CC(N3CCCC3)C2)nc2c(F)c(-c3ncc(F)c4sc(N)c(C#N)c34)c3c(c12)COC3. The highest BCUT2D eigenvalue weighted by molar-refractivity contribution is 7.23.